The third-order valence-electron chi connectivity index (χ3n) is 4.21. The first-order chi connectivity index (χ1) is 11.1. The van der Waals surface area contributed by atoms with E-state index in [1.807, 2.05) is 11.8 Å². The Kier molecular flexibility index (Phi) is 5.22. The molecule has 0 saturated carbocycles. The van der Waals surface area contributed by atoms with Crippen molar-refractivity contribution in [2.24, 2.45) is 5.92 Å². The van der Waals surface area contributed by atoms with Gasteiger partial charge in [0.15, 0.2) is 0 Å². The Balaban J connectivity index is 1.50. The fraction of sp³-hybridized carbons (Fsp3) is 0.667. The van der Waals surface area contributed by atoms with Gasteiger partial charge in [-0.15, -0.1) is 0 Å². The summed E-state index contributed by atoms with van der Waals surface area (Å²) in [5.41, 5.74) is -0.916. The smallest absolute Gasteiger partial charge is 0.330 e. The van der Waals surface area contributed by atoms with Crippen LogP contribution in [0.1, 0.15) is 31.9 Å². The number of aromatic amines is 1. The zero-order valence-electron chi connectivity index (χ0n) is 12.7. The molecular weight excluding hydrogens is 320 g/mol. The zero-order chi connectivity index (χ0) is 16.2. The molecule has 3 rings (SSSR count). The summed E-state index contributed by atoms with van der Waals surface area (Å²) in [7, 11) is 0. The second-order valence-electron chi connectivity index (χ2n) is 5.82. The van der Waals surface area contributed by atoms with Crippen LogP contribution in [0, 0.1) is 5.92 Å². The average Bonchev–Trinajstić information content (AvgIpc) is 3.02. The van der Waals surface area contributed by atoms with Crippen molar-refractivity contribution in [2.45, 2.75) is 38.0 Å². The molecule has 0 spiro atoms. The summed E-state index contributed by atoms with van der Waals surface area (Å²) >= 11 is 1.87. The fourth-order valence-electron chi connectivity index (χ4n) is 2.89. The monoisotopic (exact) mass is 340 g/mol. The molecule has 3 heterocycles. The van der Waals surface area contributed by atoms with E-state index in [0.29, 0.717) is 12.8 Å². The number of H-pyrrole nitrogens is 1. The SMILES string of the molecule is O=C(OCC1CCC(n2ccc(=O)[nH]c2=O)O1)C1CCSCC1. The summed E-state index contributed by atoms with van der Waals surface area (Å²) in [4.78, 5) is 37.1. The number of esters is 1. The Hall–Kier alpha value is -1.54. The first kappa shape index (κ1) is 16.3. The third-order valence-corrected chi connectivity index (χ3v) is 5.26. The van der Waals surface area contributed by atoms with Crippen LogP contribution in [0.4, 0.5) is 0 Å². The number of carbonyl (C=O) groups is 1. The first-order valence-electron chi connectivity index (χ1n) is 7.85. The van der Waals surface area contributed by atoms with Gasteiger partial charge in [0.05, 0.1) is 12.0 Å². The number of ether oxygens (including phenoxy) is 2. The molecule has 0 radical (unpaired) electrons. The van der Waals surface area contributed by atoms with E-state index in [-0.39, 0.29) is 24.6 Å². The lowest BCUT2D eigenvalue weighted by Crippen LogP contribution is -2.32. The van der Waals surface area contributed by atoms with E-state index in [4.69, 9.17) is 9.47 Å². The summed E-state index contributed by atoms with van der Waals surface area (Å²) in [6, 6.07) is 1.29. The van der Waals surface area contributed by atoms with Gasteiger partial charge >= 0.3 is 11.7 Å². The molecule has 8 heteroatoms. The highest BCUT2D eigenvalue weighted by Crippen LogP contribution is 2.28. The molecule has 7 nitrogen and oxygen atoms in total. The van der Waals surface area contributed by atoms with Gasteiger partial charge in [-0.1, -0.05) is 0 Å². The molecule has 2 saturated heterocycles. The van der Waals surface area contributed by atoms with Gasteiger partial charge in [0.2, 0.25) is 0 Å². The summed E-state index contributed by atoms with van der Waals surface area (Å²) in [5.74, 6) is 1.89. The quantitative estimate of drug-likeness (QED) is 0.819. The number of carbonyl (C=O) groups excluding carboxylic acids is 1. The molecule has 2 aliphatic rings. The summed E-state index contributed by atoms with van der Waals surface area (Å²) < 4.78 is 12.5. The van der Waals surface area contributed by atoms with Gasteiger partial charge in [-0.05, 0) is 37.2 Å². The van der Waals surface area contributed by atoms with Crippen LogP contribution >= 0.6 is 11.8 Å². The van der Waals surface area contributed by atoms with E-state index in [2.05, 4.69) is 4.98 Å². The van der Waals surface area contributed by atoms with Crippen LogP contribution in [-0.4, -0.2) is 39.7 Å². The minimum absolute atomic E-state index is 0.00951. The van der Waals surface area contributed by atoms with E-state index < -0.39 is 17.5 Å². The van der Waals surface area contributed by atoms with Crippen molar-refractivity contribution in [3.63, 3.8) is 0 Å². The molecule has 126 valence electrons. The highest BCUT2D eigenvalue weighted by molar-refractivity contribution is 7.99. The Morgan fingerprint density at radius 1 is 1.30 bits per heavy atom. The van der Waals surface area contributed by atoms with Gasteiger partial charge < -0.3 is 9.47 Å². The number of rotatable bonds is 4. The highest BCUT2D eigenvalue weighted by Gasteiger charge is 2.29. The first-order valence-corrected chi connectivity index (χ1v) is 9.00. The maximum Gasteiger partial charge on any atom is 0.330 e. The van der Waals surface area contributed by atoms with Crippen LogP contribution in [0.5, 0.6) is 0 Å². The van der Waals surface area contributed by atoms with Gasteiger partial charge in [-0.25, -0.2) is 4.79 Å². The van der Waals surface area contributed by atoms with Crippen LogP contribution in [0.3, 0.4) is 0 Å². The highest BCUT2D eigenvalue weighted by atomic mass is 32.2. The molecular formula is C15H20N2O5S. The molecule has 1 N–H and O–H groups in total. The van der Waals surface area contributed by atoms with Crippen molar-refractivity contribution < 1.29 is 14.3 Å². The Morgan fingerprint density at radius 2 is 2.09 bits per heavy atom. The molecule has 2 unspecified atom stereocenters. The molecule has 2 atom stereocenters. The van der Waals surface area contributed by atoms with E-state index in [9.17, 15) is 14.4 Å². The van der Waals surface area contributed by atoms with E-state index >= 15 is 0 Å². The van der Waals surface area contributed by atoms with E-state index in [0.717, 1.165) is 24.3 Å². The standard InChI is InChI=1S/C15H20N2O5S/c18-12-3-6-17(15(20)16-12)13-2-1-11(22-13)9-21-14(19)10-4-7-23-8-5-10/h3,6,10-11,13H,1-2,4-5,7-9H2,(H,16,18,20). The predicted octanol–water partition coefficient (Wildman–Crippen LogP) is 0.901. The van der Waals surface area contributed by atoms with Gasteiger partial charge in [-0.2, -0.15) is 11.8 Å². The van der Waals surface area contributed by atoms with Gasteiger partial charge in [0, 0.05) is 12.3 Å². The third kappa shape index (κ3) is 4.06. The van der Waals surface area contributed by atoms with E-state index in [1.165, 1.54) is 16.8 Å². The maximum atomic E-state index is 12.0. The van der Waals surface area contributed by atoms with Crippen LogP contribution in [0.15, 0.2) is 21.9 Å². The fourth-order valence-corrected chi connectivity index (χ4v) is 4.00. The average molecular weight is 340 g/mol. The van der Waals surface area contributed by atoms with Crippen molar-refractivity contribution in [1.29, 1.82) is 0 Å². The Labute approximate surface area is 137 Å². The van der Waals surface area contributed by atoms with Crippen molar-refractivity contribution in [3.05, 3.63) is 33.1 Å². The normalized spacial score (nSPS) is 25.4. The van der Waals surface area contributed by atoms with Crippen molar-refractivity contribution in [1.82, 2.24) is 9.55 Å². The second kappa shape index (κ2) is 7.35. The topological polar surface area (TPSA) is 90.4 Å². The van der Waals surface area contributed by atoms with Gasteiger partial charge in [0.1, 0.15) is 12.8 Å². The summed E-state index contributed by atoms with van der Waals surface area (Å²) in [6.45, 7) is 0.219. The molecule has 23 heavy (non-hydrogen) atoms. The van der Waals surface area contributed by atoms with Crippen LogP contribution in [0.25, 0.3) is 0 Å². The minimum atomic E-state index is -0.486. The molecule has 1 aromatic rings. The van der Waals surface area contributed by atoms with Crippen molar-refractivity contribution in [2.75, 3.05) is 18.1 Å². The number of thioether (sulfide) groups is 1. The number of nitrogens with zero attached hydrogens (tertiary/aromatic N) is 1. The summed E-state index contributed by atoms with van der Waals surface area (Å²) in [6.07, 6.45) is 3.92. The lowest BCUT2D eigenvalue weighted by atomic mass is 10.0. The lowest BCUT2D eigenvalue weighted by Gasteiger charge is -2.21. The minimum Gasteiger partial charge on any atom is -0.463 e. The molecule has 0 aromatic carbocycles. The summed E-state index contributed by atoms with van der Waals surface area (Å²) in [5, 5.41) is 0. The van der Waals surface area contributed by atoms with Crippen LogP contribution in [-0.2, 0) is 14.3 Å². The molecule has 0 aliphatic carbocycles. The molecule has 2 fully saturated rings. The van der Waals surface area contributed by atoms with E-state index in [1.54, 1.807) is 0 Å². The number of aromatic nitrogens is 2. The Bertz CT molecular complexity index is 664. The molecule has 0 bridgehead atoms. The number of hydrogen-bond donors (Lipinski definition) is 1. The predicted molar refractivity (Wildman–Crippen MR) is 85.5 cm³/mol. The number of nitrogens with one attached hydrogen (secondary N) is 1. The van der Waals surface area contributed by atoms with Crippen LogP contribution < -0.4 is 11.2 Å². The maximum absolute atomic E-state index is 12.0. The van der Waals surface area contributed by atoms with Gasteiger partial charge in [0.25, 0.3) is 5.56 Å². The van der Waals surface area contributed by atoms with Gasteiger partial charge in [-0.3, -0.25) is 19.1 Å². The second-order valence-corrected chi connectivity index (χ2v) is 7.05. The largest absolute Gasteiger partial charge is 0.463 e. The molecule has 0 amide bonds. The Morgan fingerprint density at radius 3 is 2.83 bits per heavy atom. The zero-order valence-corrected chi connectivity index (χ0v) is 13.5. The lowest BCUT2D eigenvalue weighted by molar-refractivity contribution is -0.153. The van der Waals surface area contributed by atoms with Crippen molar-refractivity contribution in [3.8, 4) is 0 Å². The molecule has 1 aromatic heterocycles. The molecule has 2 aliphatic heterocycles. The van der Waals surface area contributed by atoms with Crippen LogP contribution in [0.2, 0.25) is 0 Å². The van der Waals surface area contributed by atoms with Crippen molar-refractivity contribution >= 4 is 17.7 Å². The number of hydrogen-bond acceptors (Lipinski definition) is 6.